The zero-order chi connectivity index (χ0) is 22.3. The molecule has 0 bridgehead atoms. The van der Waals surface area contributed by atoms with Gasteiger partial charge in [-0.25, -0.2) is 0 Å². The van der Waals surface area contributed by atoms with Crippen molar-refractivity contribution in [2.75, 3.05) is 51.5 Å². The Morgan fingerprint density at radius 2 is 1.81 bits per heavy atom. The molecule has 1 saturated heterocycles. The molecular formula is C24H30N4O4. The van der Waals surface area contributed by atoms with Crippen molar-refractivity contribution < 1.29 is 19.0 Å². The van der Waals surface area contributed by atoms with Crippen LogP contribution >= 0.6 is 0 Å². The number of hydrogen-bond donors (Lipinski definition) is 2. The lowest BCUT2D eigenvalue weighted by atomic mass is 10.0. The highest BCUT2D eigenvalue weighted by molar-refractivity contribution is 6.10. The number of carbonyl (C=O) groups is 1. The van der Waals surface area contributed by atoms with Crippen LogP contribution < -0.4 is 20.1 Å². The molecule has 8 heteroatoms. The molecule has 170 valence electrons. The number of rotatable bonds is 6. The van der Waals surface area contributed by atoms with Crippen LogP contribution in [0.5, 0.6) is 11.5 Å². The first-order valence-electron chi connectivity index (χ1n) is 11.0. The minimum atomic E-state index is -0.264. The molecular weight excluding hydrogens is 408 g/mol. The molecule has 0 spiro atoms. The number of guanidine groups is 1. The van der Waals surface area contributed by atoms with Gasteiger partial charge >= 0.3 is 0 Å². The van der Waals surface area contributed by atoms with Gasteiger partial charge in [-0.3, -0.25) is 20.0 Å². The monoisotopic (exact) mass is 438 g/mol. The summed E-state index contributed by atoms with van der Waals surface area (Å²) in [7, 11) is 0. The van der Waals surface area contributed by atoms with Gasteiger partial charge in [0.05, 0.1) is 19.8 Å². The number of fused-ring (bicyclic) bond motifs is 1. The molecule has 8 nitrogen and oxygen atoms in total. The number of nitrogens with zero attached hydrogens (tertiary/aromatic N) is 2. The van der Waals surface area contributed by atoms with Gasteiger partial charge in [-0.05, 0) is 41.8 Å². The molecule has 0 unspecified atom stereocenters. The van der Waals surface area contributed by atoms with Crippen molar-refractivity contribution in [1.29, 1.82) is 0 Å². The molecule has 1 fully saturated rings. The second kappa shape index (κ2) is 10.5. The van der Waals surface area contributed by atoms with E-state index < -0.39 is 0 Å². The summed E-state index contributed by atoms with van der Waals surface area (Å²) in [6.07, 6.45) is 0. The highest BCUT2D eigenvalue weighted by Gasteiger charge is 2.17. The topological polar surface area (TPSA) is 84.4 Å². The van der Waals surface area contributed by atoms with E-state index in [1.807, 2.05) is 12.1 Å². The highest BCUT2D eigenvalue weighted by atomic mass is 16.7. The lowest BCUT2D eigenvalue weighted by Gasteiger charge is -2.25. The number of anilines is 1. The number of nitrogens with one attached hydrogen (secondary N) is 2. The minimum absolute atomic E-state index is 0.169. The Morgan fingerprint density at radius 1 is 1.06 bits per heavy atom. The Kier molecular flexibility index (Phi) is 7.24. The van der Waals surface area contributed by atoms with Crippen molar-refractivity contribution in [2.45, 2.75) is 19.8 Å². The zero-order valence-electron chi connectivity index (χ0n) is 18.6. The molecule has 32 heavy (non-hydrogen) atoms. The van der Waals surface area contributed by atoms with Gasteiger partial charge in [0.2, 0.25) is 12.8 Å². The summed E-state index contributed by atoms with van der Waals surface area (Å²) < 4.78 is 16.1. The third-order valence-electron chi connectivity index (χ3n) is 5.50. The lowest BCUT2D eigenvalue weighted by Crippen LogP contribution is -2.39. The largest absolute Gasteiger partial charge is 0.454 e. The predicted octanol–water partition coefficient (Wildman–Crippen LogP) is 3.07. The number of carbonyl (C=O) groups excluding carboxylic acids is 1. The van der Waals surface area contributed by atoms with Crippen LogP contribution in [-0.4, -0.2) is 63.0 Å². The van der Waals surface area contributed by atoms with Crippen LogP contribution in [0.1, 0.15) is 35.7 Å². The van der Waals surface area contributed by atoms with E-state index in [2.05, 4.69) is 46.5 Å². The Morgan fingerprint density at radius 3 is 2.56 bits per heavy atom. The van der Waals surface area contributed by atoms with E-state index >= 15 is 0 Å². The van der Waals surface area contributed by atoms with Crippen LogP contribution in [0.3, 0.4) is 0 Å². The van der Waals surface area contributed by atoms with Crippen LogP contribution in [0.15, 0.2) is 47.5 Å². The van der Waals surface area contributed by atoms with Gasteiger partial charge in [0, 0.05) is 30.9 Å². The Hall–Kier alpha value is -3.10. The van der Waals surface area contributed by atoms with Crippen molar-refractivity contribution in [1.82, 2.24) is 10.2 Å². The Bertz CT molecular complexity index is 953. The molecule has 2 heterocycles. The first-order chi connectivity index (χ1) is 15.6. The molecule has 2 aromatic carbocycles. The van der Waals surface area contributed by atoms with Crippen molar-refractivity contribution >= 4 is 17.6 Å². The van der Waals surface area contributed by atoms with Crippen LogP contribution in [0, 0.1) is 0 Å². The van der Waals surface area contributed by atoms with E-state index in [4.69, 9.17) is 14.2 Å². The maximum absolute atomic E-state index is 12.9. The van der Waals surface area contributed by atoms with Gasteiger partial charge in [0.1, 0.15) is 0 Å². The number of amides is 1. The average Bonchev–Trinajstić information content (AvgIpc) is 3.28. The summed E-state index contributed by atoms with van der Waals surface area (Å²) in [5, 5.41) is 6.16. The maximum Gasteiger partial charge on any atom is 0.258 e. The van der Waals surface area contributed by atoms with Gasteiger partial charge < -0.3 is 19.5 Å². The fourth-order valence-electron chi connectivity index (χ4n) is 3.54. The molecule has 2 aliphatic rings. The molecule has 0 aliphatic carbocycles. The van der Waals surface area contributed by atoms with E-state index in [1.165, 1.54) is 5.56 Å². The second-order valence-corrected chi connectivity index (χ2v) is 8.11. The molecule has 2 N–H and O–H groups in total. The number of benzene rings is 2. The van der Waals surface area contributed by atoms with Crippen molar-refractivity contribution in [3.8, 4) is 11.5 Å². The Labute approximate surface area is 188 Å². The van der Waals surface area contributed by atoms with Gasteiger partial charge in [-0.1, -0.05) is 26.0 Å². The van der Waals surface area contributed by atoms with E-state index in [-0.39, 0.29) is 12.7 Å². The van der Waals surface area contributed by atoms with Crippen molar-refractivity contribution in [2.24, 2.45) is 4.99 Å². The fourth-order valence-corrected chi connectivity index (χ4v) is 3.54. The summed E-state index contributed by atoms with van der Waals surface area (Å²) in [5.41, 5.74) is 2.60. The summed E-state index contributed by atoms with van der Waals surface area (Å²) >= 11 is 0. The maximum atomic E-state index is 12.9. The van der Waals surface area contributed by atoms with Gasteiger partial charge in [-0.2, -0.15) is 0 Å². The van der Waals surface area contributed by atoms with E-state index in [9.17, 15) is 4.79 Å². The summed E-state index contributed by atoms with van der Waals surface area (Å²) in [6, 6.07) is 13.3. The molecule has 0 atom stereocenters. The fraction of sp³-hybridized carbons (Fsp3) is 0.417. The minimum Gasteiger partial charge on any atom is -0.454 e. The number of hydrogen-bond acceptors (Lipinski definition) is 6. The number of ether oxygens (including phenoxy) is 3. The van der Waals surface area contributed by atoms with Crippen molar-refractivity contribution in [3.05, 3.63) is 53.6 Å². The summed E-state index contributed by atoms with van der Waals surface area (Å²) in [5.74, 6) is 1.82. The SMILES string of the molecule is CC(C)c1ccc(NC(=NCCN2CCOCC2)NC(=O)c2ccc3c(c2)OCO3)cc1. The van der Waals surface area contributed by atoms with Gasteiger partial charge in [-0.15, -0.1) is 0 Å². The first kappa shape index (κ1) is 22.1. The van der Waals surface area contributed by atoms with Crippen LogP contribution in [0.2, 0.25) is 0 Å². The molecule has 1 amide bonds. The molecule has 0 radical (unpaired) electrons. The normalized spacial score (nSPS) is 16.3. The lowest BCUT2D eigenvalue weighted by molar-refractivity contribution is 0.0394. The van der Waals surface area contributed by atoms with E-state index in [0.29, 0.717) is 35.5 Å². The first-order valence-corrected chi connectivity index (χ1v) is 11.0. The highest BCUT2D eigenvalue weighted by Crippen LogP contribution is 2.32. The number of morpholine rings is 1. The third kappa shape index (κ3) is 5.77. The molecule has 4 rings (SSSR count). The quantitative estimate of drug-likeness (QED) is 0.533. The Balaban J connectivity index is 1.45. The van der Waals surface area contributed by atoms with Crippen molar-refractivity contribution in [3.63, 3.8) is 0 Å². The second-order valence-electron chi connectivity index (χ2n) is 8.11. The molecule has 0 aromatic heterocycles. The smallest absolute Gasteiger partial charge is 0.258 e. The van der Waals surface area contributed by atoms with E-state index in [1.54, 1.807) is 18.2 Å². The molecule has 2 aliphatic heterocycles. The predicted molar refractivity (Wildman–Crippen MR) is 124 cm³/mol. The molecule has 0 saturated carbocycles. The summed E-state index contributed by atoms with van der Waals surface area (Å²) in [6.45, 7) is 9.16. The zero-order valence-corrected chi connectivity index (χ0v) is 18.6. The van der Waals surface area contributed by atoms with Crippen LogP contribution in [-0.2, 0) is 4.74 Å². The summed E-state index contributed by atoms with van der Waals surface area (Å²) in [4.78, 5) is 19.8. The third-order valence-corrected chi connectivity index (χ3v) is 5.50. The van der Waals surface area contributed by atoms with Gasteiger partial charge in [0.25, 0.3) is 5.91 Å². The van der Waals surface area contributed by atoms with Gasteiger partial charge in [0.15, 0.2) is 11.5 Å². The average molecular weight is 439 g/mol. The van der Waals surface area contributed by atoms with Crippen LogP contribution in [0.4, 0.5) is 5.69 Å². The van der Waals surface area contributed by atoms with Crippen LogP contribution in [0.25, 0.3) is 0 Å². The number of aliphatic imine (C=N–C) groups is 1. The van der Waals surface area contributed by atoms with E-state index in [0.717, 1.165) is 38.5 Å². The molecule has 2 aromatic rings. The standard InChI is InChI=1S/C24H30N4O4/c1-17(2)18-3-6-20(7-4-18)26-24(25-9-10-28-11-13-30-14-12-28)27-23(29)19-5-8-21-22(15-19)32-16-31-21/h3-8,15,17H,9-14,16H2,1-2H3,(H2,25,26,27,29).